The van der Waals surface area contributed by atoms with Crippen molar-refractivity contribution >= 4 is 43.4 Å². The average Bonchev–Trinajstić information content (AvgIpc) is 2.85. The summed E-state index contributed by atoms with van der Waals surface area (Å²) < 4.78 is 9.55. The maximum atomic E-state index is 12.3. The molecule has 6 heteroatoms. The van der Waals surface area contributed by atoms with Gasteiger partial charge in [0.1, 0.15) is 11.3 Å². The Morgan fingerprint density at radius 3 is 2.70 bits per heavy atom. The van der Waals surface area contributed by atoms with Gasteiger partial charge < -0.3 is 9.30 Å². The number of aromatic nitrogens is 1. The maximum absolute atomic E-state index is 12.3. The molecule has 0 N–H and O–H groups in total. The highest BCUT2D eigenvalue weighted by Crippen LogP contribution is 2.26. The lowest BCUT2D eigenvalue weighted by Gasteiger charge is -2.05. The summed E-state index contributed by atoms with van der Waals surface area (Å²) >= 11 is 4.84. The molecule has 3 aromatic rings. The van der Waals surface area contributed by atoms with Crippen LogP contribution in [0.4, 0.5) is 0 Å². The minimum absolute atomic E-state index is 0.252. The standard InChI is InChI=1S/C17H15BrN2O2S/c1-3-22-13-5-4-6-14-15(13)20(2)17(23-14)19-16(21)11-7-9-12(18)10-8-11/h4-10H,3H2,1-2H3. The molecular weight excluding hydrogens is 376 g/mol. The number of nitrogens with zero attached hydrogens (tertiary/aromatic N) is 2. The van der Waals surface area contributed by atoms with Gasteiger partial charge in [-0.25, -0.2) is 0 Å². The van der Waals surface area contributed by atoms with E-state index < -0.39 is 0 Å². The molecule has 0 saturated heterocycles. The Bertz CT molecular complexity index is 926. The molecule has 0 bridgehead atoms. The van der Waals surface area contributed by atoms with Crippen LogP contribution in [0.15, 0.2) is 51.9 Å². The van der Waals surface area contributed by atoms with E-state index in [2.05, 4.69) is 20.9 Å². The Morgan fingerprint density at radius 2 is 2.00 bits per heavy atom. The molecule has 1 aromatic heterocycles. The van der Waals surface area contributed by atoms with Crippen molar-refractivity contribution in [3.63, 3.8) is 0 Å². The van der Waals surface area contributed by atoms with Gasteiger partial charge in [-0.2, -0.15) is 4.99 Å². The van der Waals surface area contributed by atoms with Crippen molar-refractivity contribution < 1.29 is 9.53 Å². The van der Waals surface area contributed by atoms with Crippen LogP contribution in [0.5, 0.6) is 5.75 Å². The first kappa shape index (κ1) is 16.0. The van der Waals surface area contributed by atoms with E-state index in [1.54, 1.807) is 12.1 Å². The molecule has 3 rings (SSSR count). The molecule has 0 atom stereocenters. The highest BCUT2D eigenvalue weighted by Gasteiger charge is 2.10. The summed E-state index contributed by atoms with van der Waals surface area (Å²) in [5, 5.41) is 0. The summed E-state index contributed by atoms with van der Waals surface area (Å²) in [7, 11) is 1.90. The van der Waals surface area contributed by atoms with Gasteiger partial charge in [0.2, 0.25) is 0 Å². The van der Waals surface area contributed by atoms with Crippen molar-refractivity contribution in [1.29, 1.82) is 0 Å². The molecule has 4 nitrogen and oxygen atoms in total. The second-order valence-electron chi connectivity index (χ2n) is 4.90. The normalized spacial score (nSPS) is 11.9. The van der Waals surface area contributed by atoms with Crippen LogP contribution in [0.25, 0.3) is 10.2 Å². The van der Waals surface area contributed by atoms with E-state index in [0.29, 0.717) is 17.0 Å². The van der Waals surface area contributed by atoms with Crippen LogP contribution in [-0.2, 0) is 7.05 Å². The topological polar surface area (TPSA) is 43.6 Å². The number of hydrogen-bond acceptors (Lipinski definition) is 3. The number of carbonyl (C=O) groups excluding carboxylic acids is 1. The van der Waals surface area contributed by atoms with E-state index in [4.69, 9.17) is 4.74 Å². The number of thiazole rings is 1. The van der Waals surface area contributed by atoms with Gasteiger partial charge in [-0.1, -0.05) is 33.3 Å². The molecule has 0 saturated carbocycles. The molecule has 0 unspecified atom stereocenters. The van der Waals surface area contributed by atoms with Crippen LogP contribution < -0.4 is 9.54 Å². The number of hydrogen-bond donors (Lipinski definition) is 0. The van der Waals surface area contributed by atoms with E-state index in [-0.39, 0.29) is 5.91 Å². The molecule has 0 radical (unpaired) electrons. The van der Waals surface area contributed by atoms with Crippen molar-refractivity contribution in [2.75, 3.05) is 6.61 Å². The molecule has 0 spiro atoms. The smallest absolute Gasteiger partial charge is 0.279 e. The van der Waals surface area contributed by atoms with Crippen molar-refractivity contribution in [3.8, 4) is 5.75 Å². The Labute approximate surface area is 146 Å². The summed E-state index contributed by atoms with van der Waals surface area (Å²) in [6, 6.07) is 13.1. The van der Waals surface area contributed by atoms with Crippen molar-refractivity contribution in [2.45, 2.75) is 6.92 Å². The number of amides is 1. The fourth-order valence-electron chi connectivity index (χ4n) is 2.29. The zero-order valence-corrected chi connectivity index (χ0v) is 15.1. The van der Waals surface area contributed by atoms with Crippen molar-refractivity contribution in [2.24, 2.45) is 12.0 Å². The third-order valence-electron chi connectivity index (χ3n) is 3.37. The molecular formula is C17H15BrN2O2S. The van der Waals surface area contributed by atoms with Gasteiger partial charge in [-0.15, -0.1) is 0 Å². The number of rotatable bonds is 3. The fourth-order valence-corrected chi connectivity index (χ4v) is 3.59. The van der Waals surface area contributed by atoms with Gasteiger partial charge in [0, 0.05) is 17.1 Å². The maximum Gasteiger partial charge on any atom is 0.279 e. The van der Waals surface area contributed by atoms with Crippen molar-refractivity contribution in [3.05, 3.63) is 57.3 Å². The Morgan fingerprint density at radius 1 is 1.26 bits per heavy atom. The molecule has 118 valence electrons. The summed E-state index contributed by atoms with van der Waals surface area (Å²) in [6.45, 7) is 2.55. The first-order valence-corrected chi connectivity index (χ1v) is 8.77. The highest BCUT2D eigenvalue weighted by molar-refractivity contribution is 9.10. The van der Waals surface area contributed by atoms with E-state index in [0.717, 1.165) is 20.4 Å². The largest absolute Gasteiger partial charge is 0.492 e. The van der Waals surface area contributed by atoms with Gasteiger partial charge >= 0.3 is 0 Å². The molecule has 0 fully saturated rings. The van der Waals surface area contributed by atoms with Crippen LogP contribution in [-0.4, -0.2) is 17.1 Å². The van der Waals surface area contributed by atoms with Gasteiger partial charge in [0.05, 0.1) is 11.3 Å². The third kappa shape index (κ3) is 3.23. The fraction of sp³-hybridized carbons (Fsp3) is 0.176. The molecule has 0 aliphatic carbocycles. The van der Waals surface area contributed by atoms with Crippen LogP contribution in [0.1, 0.15) is 17.3 Å². The zero-order chi connectivity index (χ0) is 16.4. The first-order valence-electron chi connectivity index (χ1n) is 7.16. The van der Waals surface area contributed by atoms with E-state index in [9.17, 15) is 4.79 Å². The number of halogens is 1. The minimum Gasteiger partial charge on any atom is -0.492 e. The van der Waals surface area contributed by atoms with Gasteiger partial charge in [-0.3, -0.25) is 4.79 Å². The molecule has 0 aliphatic rings. The Balaban J connectivity index is 2.09. The second kappa shape index (κ2) is 6.68. The average molecular weight is 391 g/mol. The van der Waals surface area contributed by atoms with Gasteiger partial charge in [0.15, 0.2) is 4.80 Å². The quantitative estimate of drug-likeness (QED) is 0.674. The molecule has 0 aliphatic heterocycles. The Kier molecular flexibility index (Phi) is 4.63. The van der Waals surface area contributed by atoms with E-state index in [1.165, 1.54) is 11.3 Å². The van der Waals surface area contributed by atoms with Crippen LogP contribution in [0.3, 0.4) is 0 Å². The lowest BCUT2D eigenvalue weighted by Crippen LogP contribution is -2.13. The zero-order valence-electron chi connectivity index (χ0n) is 12.7. The summed E-state index contributed by atoms with van der Waals surface area (Å²) in [5.74, 6) is 0.555. The summed E-state index contributed by atoms with van der Waals surface area (Å²) in [5.41, 5.74) is 1.53. The SMILES string of the molecule is CCOc1cccc2sc(=NC(=O)c3ccc(Br)cc3)n(C)c12. The summed E-state index contributed by atoms with van der Waals surface area (Å²) in [6.07, 6.45) is 0. The number of ether oxygens (including phenoxy) is 1. The predicted octanol–water partition coefficient (Wildman–Crippen LogP) is 4.14. The minimum atomic E-state index is -0.252. The number of para-hydroxylation sites is 1. The molecule has 1 amide bonds. The van der Waals surface area contributed by atoms with Crippen molar-refractivity contribution in [1.82, 2.24) is 4.57 Å². The van der Waals surface area contributed by atoms with E-state index in [1.807, 2.05) is 48.9 Å². The third-order valence-corrected chi connectivity index (χ3v) is 5.00. The summed E-state index contributed by atoms with van der Waals surface area (Å²) in [4.78, 5) is 17.3. The molecule has 23 heavy (non-hydrogen) atoms. The lowest BCUT2D eigenvalue weighted by atomic mass is 10.2. The second-order valence-corrected chi connectivity index (χ2v) is 6.83. The van der Waals surface area contributed by atoms with Crippen LogP contribution in [0, 0.1) is 0 Å². The first-order chi connectivity index (χ1) is 11.1. The monoisotopic (exact) mass is 390 g/mol. The predicted molar refractivity (Wildman–Crippen MR) is 96.0 cm³/mol. The van der Waals surface area contributed by atoms with E-state index >= 15 is 0 Å². The van der Waals surface area contributed by atoms with Gasteiger partial charge in [-0.05, 0) is 43.3 Å². The Hall–Kier alpha value is -1.92. The number of fused-ring (bicyclic) bond motifs is 1. The lowest BCUT2D eigenvalue weighted by molar-refractivity contribution is 0.0998. The van der Waals surface area contributed by atoms with Gasteiger partial charge in [0.25, 0.3) is 5.91 Å². The number of carbonyl (C=O) groups is 1. The number of aryl methyl sites for hydroxylation is 1. The highest BCUT2D eigenvalue weighted by atomic mass is 79.9. The number of benzene rings is 2. The van der Waals surface area contributed by atoms with Crippen LogP contribution in [0.2, 0.25) is 0 Å². The molecule has 1 heterocycles. The van der Waals surface area contributed by atoms with Crippen LogP contribution >= 0.6 is 27.3 Å². The molecule has 2 aromatic carbocycles.